The molecule has 0 radical (unpaired) electrons. The number of benzene rings is 1. The summed E-state index contributed by atoms with van der Waals surface area (Å²) in [5.41, 5.74) is -0.539. The molecule has 6 heteroatoms. The molecular weight excluding hydrogens is 336 g/mol. The van der Waals surface area contributed by atoms with Crippen molar-refractivity contribution in [1.82, 2.24) is 0 Å². The Hall–Kier alpha value is -2.47. The number of aliphatic hydroxyl groups excluding tert-OH is 1. The van der Waals surface area contributed by atoms with Crippen LogP contribution in [0.25, 0.3) is 11.0 Å². The minimum atomic E-state index is -0.752. The molecule has 0 atom stereocenters. The number of hydrogen-bond donors (Lipinski definition) is 2. The number of allylic oxidation sites excluding steroid dienone is 1. The van der Waals surface area contributed by atoms with Gasteiger partial charge in [0.1, 0.15) is 16.7 Å². The molecule has 0 spiro atoms. The minimum Gasteiger partial charge on any atom is -0.503 e. The fraction of sp³-hybridized carbons (Fsp3) is 0.450. The highest BCUT2D eigenvalue weighted by molar-refractivity contribution is 5.91. The second kappa shape index (κ2) is 10.5. The summed E-state index contributed by atoms with van der Waals surface area (Å²) in [5, 5.41) is 19.6. The van der Waals surface area contributed by atoms with E-state index in [4.69, 9.17) is 19.0 Å². The first-order valence-electron chi connectivity index (χ1n) is 9.03. The van der Waals surface area contributed by atoms with Gasteiger partial charge in [-0.2, -0.15) is 0 Å². The average Bonchev–Trinajstić information content (AvgIpc) is 2.63. The molecule has 6 nitrogen and oxygen atoms in total. The van der Waals surface area contributed by atoms with E-state index in [9.17, 15) is 9.90 Å². The van der Waals surface area contributed by atoms with E-state index in [1.165, 1.54) is 19.1 Å². The van der Waals surface area contributed by atoms with E-state index in [2.05, 4.69) is 6.92 Å². The van der Waals surface area contributed by atoms with Crippen molar-refractivity contribution in [2.45, 2.75) is 45.4 Å². The van der Waals surface area contributed by atoms with Gasteiger partial charge < -0.3 is 24.1 Å². The van der Waals surface area contributed by atoms with Gasteiger partial charge in [0, 0.05) is 13.0 Å². The molecule has 2 aromatic rings. The monoisotopic (exact) mass is 362 g/mol. The molecule has 0 aliphatic heterocycles. The minimum absolute atomic E-state index is 0.00322. The normalized spacial score (nSPS) is 11.3. The SMILES string of the molecule is CCCCCC/C=C/Oc1c(O)c2c(OCCCO)cccc2oc1=O. The molecule has 0 aliphatic carbocycles. The maximum atomic E-state index is 12.1. The van der Waals surface area contributed by atoms with Gasteiger partial charge in [-0.15, -0.1) is 0 Å². The van der Waals surface area contributed by atoms with Crippen molar-refractivity contribution in [2.24, 2.45) is 0 Å². The number of unbranched alkanes of at least 4 members (excludes halogenated alkanes) is 4. The van der Waals surface area contributed by atoms with Crippen LogP contribution in [0.2, 0.25) is 0 Å². The van der Waals surface area contributed by atoms with Crippen LogP contribution in [0.4, 0.5) is 0 Å². The third-order valence-corrected chi connectivity index (χ3v) is 3.89. The van der Waals surface area contributed by atoms with Gasteiger partial charge in [0.15, 0.2) is 5.75 Å². The molecule has 0 saturated heterocycles. The van der Waals surface area contributed by atoms with Crippen molar-refractivity contribution in [2.75, 3.05) is 13.2 Å². The van der Waals surface area contributed by atoms with Gasteiger partial charge in [0.05, 0.1) is 12.9 Å². The zero-order valence-corrected chi connectivity index (χ0v) is 15.1. The van der Waals surface area contributed by atoms with Gasteiger partial charge in [-0.05, 0) is 31.1 Å². The average molecular weight is 362 g/mol. The lowest BCUT2D eigenvalue weighted by Crippen LogP contribution is -2.05. The summed E-state index contributed by atoms with van der Waals surface area (Å²) in [6.07, 6.45) is 9.10. The predicted octanol–water partition coefficient (Wildman–Crippen LogP) is 4.12. The third kappa shape index (κ3) is 5.26. The highest BCUT2D eigenvalue weighted by Gasteiger charge is 2.18. The maximum absolute atomic E-state index is 12.1. The molecule has 0 amide bonds. The molecule has 1 heterocycles. The molecule has 0 saturated carbocycles. The fourth-order valence-corrected chi connectivity index (χ4v) is 2.53. The number of aromatic hydroxyl groups is 1. The van der Waals surface area contributed by atoms with Crippen LogP contribution in [0.15, 0.2) is 39.7 Å². The fourth-order valence-electron chi connectivity index (χ4n) is 2.53. The van der Waals surface area contributed by atoms with E-state index in [0.717, 1.165) is 19.3 Å². The largest absolute Gasteiger partial charge is 0.503 e. The lowest BCUT2D eigenvalue weighted by Gasteiger charge is -2.10. The van der Waals surface area contributed by atoms with Crippen LogP contribution >= 0.6 is 0 Å². The number of aliphatic hydroxyl groups is 1. The highest BCUT2D eigenvalue weighted by atomic mass is 16.5. The number of ether oxygens (including phenoxy) is 2. The molecule has 1 aromatic carbocycles. The van der Waals surface area contributed by atoms with Gasteiger partial charge >= 0.3 is 5.63 Å². The van der Waals surface area contributed by atoms with E-state index in [1.807, 2.05) is 6.08 Å². The van der Waals surface area contributed by atoms with Gasteiger partial charge in [-0.25, -0.2) is 4.79 Å². The van der Waals surface area contributed by atoms with Crippen molar-refractivity contribution in [3.05, 3.63) is 41.0 Å². The van der Waals surface area contributed by atoms with Crippen molar-refractivity contribution in [3.8, 4) is 17.2 Å². The second-order valence-corrected chi connectivity index (χ2v) is 5.96. The Morgan fingerprint density at radius 2 is 2.04 bits per heavy atom. The van der Waals surface area contributed by atoms with Crippen LogP contribution in [0.1, 0.15) is 45.4 Å². The first-order chi connectivity index (χ1) is 12.7. The highest BCUT2D eigenvalue weighted by Crippen LogP contribution is 2.37. The van der Waals surface area contributed by atoms with E-state index in [-0.39, 0.29) is 35.7 Å². The van der Waals surface area contributed by atoms with Crippen LogP contribution in [-0.4, -0.2) is 23.4 Å². The molecule has 0 fully saturated rings. The van der Waals surface area contributed by atoms with Gasteiger partial charge in [-0.1, -0.05) is 32.3 Å². The first kappa shape index (κ1) is 19.8. The summed E-state index contributed by atoms with van der Waals surface area (Å²) in [6.45, 7) is 2.44. The molecule has 1 aromatic heterocycles. The summed E-state index contributed by atoms with van der Waals surface area (Å²) in [7, 11) is 0. The zero-order valence-electron chi connectivity index (χ0n) is 15.1. The Bertz CT molecular complexity index is 778. The smallest absolute Gasteiger partial charge is 0.383 e. The van der Waals surface area contributed by atoms with Gasteiger partial charge in [0.25, 0.3) is 5.75 Å². The van der Waals surface area contributed by atoms with Crippen LogP contribution < -0.4 is 15.1 Å². The quantitative estimate of drug-likeness (QED) is 0.355. The lowest BCUT2D eigenvalue weighted by atomic mass is 10.1. The Morgan fingerprint density at radius 1 is 1.19 bits per heavy atom. The first-order valence-corrected chi connectivity index (χ1v) is 9.03. The molecule has 0 bridgehead atoms. The molecule has 142 valence electrons. The van der Waals surface area contributed by atoms with Crippen LogP contribution in [0.3, 0.4) is 0 Å². The molecule has 0 aliphatic rings. The topological polar surface area (TPSA) is 89.1 Å². The van der Waals surface area contributed by atoms with Crippen LogP contribution in [0.5, 0.6) is 17.2 Å². The van der Waals surface area contributed by atoms with Crippen molar-refractivity contribution in [1.29, 1.82) is 0 Å². The summed E-state index contributed by atoms with van der Waals surface area (Å²) in [6, 6.07) is 4.89. The number of fused-ring (bicyclic) bond motifs is 1. The lowest BCUT2D eigenvalue weighted by molar-refractivity contribution is 0.234. The van der Waals surface area contributed by atoms with Gasteiger partial charge in [0.2, 0.25) is 0 Å². The van der Waals surface area contributed by atoms with Crippen molar-refractivity contribution < 1.29 is 24.1 Å². The second-order valence-electron chi connectivity index (χ2n) is 5.96. The van der Waals surface area contributed by atoms with Crippen molar-refractivity contribution >= 4 is 11.0 Å². The number of hydrogen-bond acceptors (Lipinski definition) is 6. The number of rotatable bonds is 11. The van der Waals surface area contributed by atoms with Crippen LogP contribution in [-0.2, 0) is 0 Å². The third-order valence-electron chi connectivity index (χ3n) is 3.89. The Balaban J connectivity index is 2.17. The Morgan fingerprint density at radius 3 is 2.81 bits per heavy atom. The Kier molecular flexibility index (Phi) is 8.02. The van der Waals surface area contributed by atoms with E-state index in [1.54, 1.807) is 18.2 Å². The molecule has 2 rings (SSSR count). The van der Waals surface area contributed by atoms with Gasteiger partial charge in [-0.3, -0.25) is 0 Å². The molecule has 0 unspecified atom stereocenters. The van der Waals surface area contributed by atoms with Crippen LogP contribution in [0, 0.1) is 0 Å². The van der Waals surface area contributed by atoms with E-state index < -0.39 is 5.63 Å². The summed E-state index contributed by atoms with van der Waals surface area (Å²) in [5.74, 6) is -0.211. The molecule has 2 N–H and O–H groups in total. The van der Waals surface area contributed by atoms with E-state index >= 15 is 0 Å². The summed E-state index contributed by atoms with van der Waals surface area (Å²) < 4.78 is 16.1. The zero-order chi connectivity index (χ0) is 18.8. The summed E-state index contributed by atoms with van der Waals surface area (Å²) in [4.78, 5) is 12.1. The Labute approximate surface area is 152 Å². The van der Waals surface area contributed by atoms with E-state index in [0.29, 0.717) is 12.2 Å². The molecular formula is C20H26O6. The standard InChI is InChI=1S/C20H26O6/c1-2-3-4-5-6-7-13-25-19-18(22)17-15(24-14-9-12-21)10-8-11-16(17)26-20(19)23/h7-8,10-11,13,21-22H,2-6,9,12,14H2,1H3/b13-7+. The predicted molar refractivity (Wildman–Crippen MR) is 99.9 cm³/mol. The summed E-state index contributed by atoms with van der Waals surface area (Å²) >= 11 is 0. The maximum Gasteiger partial charge on any atom is 0.383 e. The van der Waals surface area contributed by atoms with Crippen molar-refractivity contribution in [3.63, 3.8) is 0 Å². The molecule has 26 heavy (non-hydrogen) atoms.